The van der Waals surface area contributed by atoms with Crippen molar-refractivity contribution in [3.05, 3.63) is 34.6 Å². The summed E-state index contributed by atoms with van der Waals surface area (Å²) in [4.78, 5) is 12.5. The summed E-state index contributed by atoms with van der Waals surface area (Å²) < 4.78 is 4.81. The Morgan fingerprint density at radius 3 is 2.70 bits per heavy atom. The van der Waals surface area contributed by atoms with Gasteiger partial charge in [0.2, 0.25) is 0 Å². The van der Waals surface area contributed by atoms with Gasteiger partial charge in [-0.25, -0.2) is 0 Å². The summed E-state index contributed by atoms with van der Waals surface area (Å²) >= 11 is 1.64. The molecule has 0 aliphatic rings. The van der Waals surface area contributed by atoms with E-state index in [-0.39, 0.29) is 5.91 Å². The Balaban J connectivity index is 1.96. The number of aryl methyl sites for hydroxylation is 3. The fourth-order valence-electron chi connectivity index (χ4n) is 2.40. The minimum atomic E-state index is -0.102. The van der Waals surface area contributed by atoms with Crippen LogP contribution in [0, 0.1) is 13.8 Å². The van der Waals surface area contributed by atoms with Crippen LogP contribution in [0.3, 0.4) is 0 Å². The second-order valence-corrected chi connectivity index (χ2v) is 5.83. The number of thiophene rings is 1. The van der Waals surface area contributed by atoms with Crippen LogP contribution in [0.2, 0.25) is 0 Å². The Hall–Kier alpha value is -2.08. The second-order valence-electron chi connectivity index (χ2n) is 4.88. The molecule has 0 aliphatic heterocycles. The van der Waals surface area contributed by atoms with Gasteiger partial charge in [0.05, 0.1) is 27.3 Å². The van der Waals surface area contributed by atoms with Crippen molar-refractivity contribution in [2.75, 3.05) is 5.32 Å². The summed E-state index contributed by atoms with van der Waals surface area (Å²) in [6.45, 7) is 3.84. The van der Waals surface area contributed by atoms with Gasteiger partial charge < -0.3 is 9.88 Å². The summed E-state index contributed by atoms with van der Waals surface area (Å²) in [5.41, 5.74) is 4.32. The van der Waals surface area contributed by atoms with Crippen molar-refractivity contribution in [1.29, 1.82) is 0 Å². The van der Waals surface area contributed by atoms with E-state index in [4.69, 9.17) is 0 Å². The maximum absolute atomic E-state index is 12.5. The van der Waals surface area contributed by atoms with Crippen molar-refractivity contribution < 1.29 is 4.79 Å². The molecule has 0 aromatic carbocycles. The number of amides is 1. The molecule has 0 bridgehead atoms. The molecule has 0 radical (unpaired) electrons. The van der Waals surface area contributed by atoms with Gasteiger partial charge in [-0.15, -0.1) is 11.3 Å². The third kappa shape index (κ3) is 1.84. The zero-order chi connectivity index (χ0) is 14.4. The van der Waals surface area contributed by atoms with Gasteiger partial charge in [0.25, 0.3) is 5.91 Å². The van der Waals surface area contributed by atoms with E-state index < -0.39 is 0 Å². The van der Waals surface area contributed by atoms with Crippen LogP contribution in [-0.2, 0) is 14.1 Å². The van der Waals surface area contributed by atoms with Crippen LogP contribution in [0.4, 0.5) is 5.69 Å². The molecule has 3 aromatic heterocycles. The van der Waals surface area contributed by atoms with Gasteiger partial charge in [0.15, 0.2) is 0 Å². The van der Waals surface area contributed by atoms with Crippen molar-refractivity contribution in [3.63, 3.8) is 0 Å². The molecule has 20 heavy (non-hydrogen) atoms. The number of nitrogens with zero attached hydrogens (tertiary/aromatic N) is 3. The first-order valence-electron chi connectivity index (χ1n) is 6.33. The molecular weight excluding hydrogens is 272 g/mol. The van der Waals surface area contributed by atoms with Crippen molar-refractivity contribution in [3.8, 4) is 0 Å². The number of rotatable bonds is 2. The molecule has 0 spiro atoms. The van der Waals surface area contributed by atoms with E-state index in [9.17, 15) is 4.79 Å². The SMILES string of the molecule is Cc1nn(C)c(C)c1NC(=O)c1cc2sccc2n1C. The number of hydrogen-bond donors (Lipinski definition) is 1. The van der Waals surface area contributed by atoms with Gasteiger partial charge in [0.1, 0.15) is 5.69 Å². The highest BCUT2D eigenvalue weighted by molar-refractivity contribution is 7.17. The van der Waals surface area contributed by atoms with Gasteiger partial charge in [-0.05, 0) is 31.4 Å². The monoisotopic (exact) mass is 288 g/mol. The fourth-order valence-corrected chi connectivity index (χ4v) is 3.25. The lowest BCUT2D eigenvalue weighted by molar-refractivity contribution is 0.101. The van der Waals surface area contributed by atoms with Crippen LogP contribution >= 0.6 is 11.3 Å². The molecular formula is C14H16N4OS. The minimum absolute atomic E-state index is 0.102. The Kier molecular flexibility index (Phi) is 2.90. The molecule has 104 valence electrons. The quantitative estimate of drug-likeness (QED) is 0.788. The maximum atomic E-state index is 12.5. The Labute approximate surface area is 120 Å². The Morgan fingerprint density at radius 1 is 1.35 bits per heavy atom. The number of carbonyl (C=O) groups excluding carboxylic acids is 1. The molecule has 0 saturated heterocycles. The molecule has 3 heterocycles. The number of carbonyl (C=O) groups is 1. The minimum Gasteiger partial charge on any atom is -0.339 e. The summed E-state index contributed by atoms with van der Waals surface area (Å²) in [6, 6.07) is 3.95. The van der Waals surface area contributed by atoms with Crippen LogP contribution in [0.25, 0.3) is 10.2 Å². The molecule has 0 fully saturated rings. The molecule has 1 N–H and O–H groups in total. The molecule has 3 rings (SSSR count). The van der Waals surface area contributed by atoms with Crippen LogP contribution in [0.1, 0.15) is 21.9 Å². The topological polar surface area (TPSA) is 51.9 Å². The molecule has 0 saturated carbocycles. The first-order chi connectivity index (χ1) is 9.49. The first-order valence-corrected chi connectivity index (χ1v) is 7.21. The first kappa shape index (κ1) is 12.9. The van der Waals surface area contributed by atoms with Gasteiger partial charge in [-0.2, -0.15) is 5.10 Å². The smallest absolute Gasteiger partial charge is 0.272 e. The number of anilines is 1. The highest BCUT2D eigenvalue weighted by Crippen LogP contribution is 2.25. The molecule has 1 amide bonds. The van der Waals surface area contributed by atoms with E-state index in [2.05, 4.69) is 10.4 Å². The summed E-state index contributed by atoms with van der Waals surface area (Å²) in [6.07, 6.45) is 0. The van der Waals surface area contributed by atoms with Gasteiger partial charge in [-0.3, -0.25) is 9.48 Å². The maximum Gasteiger partial charge on any atom is 0.272 e. The number of fused-ring (bicyclic) bond motifs is 1. The lowest BCUT2D eigenvalue weighted by Crippen LogP contribution is -2.16. The van der Waals surface area contributed by atoms with E-state index in [0.717, 1.165) is 27.3 Å². The van der Waals surface area contributed by atoms with Crippen molar-refractivity contribution in [2.45, 2.75) is 13.8 Å². The van der Waals surface area contributed by atoms with Crippen LogP contribution in [0.15, 0.2) is 17.5 Å². The van der Waals surface area contributed by atoms with Gasteiger partial charge in [0, 0.05) is 14.1 Å². The van der Waals surface area contributed by atoms with Crippen LogP contribution < -0.4 is 5.32 Å². The van der Waals surface area contributed by atoms with E-state index >= 15 is 0 Å². The zero-order valence-corrected chi connectivity index (χ0v) is 12.7. The third-order valence-electron chi connectivity index (χ3n) is 3.64. The van der Waals surface area contributed by atoms with Crippen LogP contribution in [0.5, 0.6) is 0 Å². The predicted molar refractivity (Wildman–Crippen MR) is 81.4 cm³/mol. The third-order valence-corrected chi connectivity index (χ3v) is 4.50. The standard InChI is InChI=1S/C14H16N4OS/c1-8-13(9(2)18(4)16-8)15-14(19)11-7-12-10(17(11)3)5-6-20-12/h5-7H,1-4H3,(H,15,19). The van der Waals surface area contributed by atoms with Crippen molar-refractivity contribution >= 4 is 33.1 Å². The van der Waals surface area contributed by atoms with E-state index in [1.807, 2.05) is 50.0 Å². The van der Waals surface area contributed by atoms with Crippen molar-refractivity contribution in [2.24, 2.45) is 14.1 Å². The average molecular weight is 288 g/mol. The largest absolute Gasteiger partial charge is 0.339 e. The molecule has 3 aromatic rings. The fraction of sp³-hybridized carbons (Fsp3) is 0.286. The number of hydrogen-bond acceptors (Lipinski definition) is 3. The molecule has 6 heteroatoms. The lowest BCUT2D eigenvalue weighted by atomic mass is 10.3. The summed E-state index contributed by atoms with van der Waals surface area (Å²) in [5, 5.41) is 9.31. The number of nitrogens with one attached hydrogen (secondary N) is 1. The number of aromatic nitrogens is 3. The normalized spacial score (nSPS) is 11.2. The predicted octanol–water partition coefficient (Wildman–Crippen LogP) is 2.84. The summed E-state index contributed by atoms with van der Waals surface area (Å²) in [7, 11) is 3.78. The average Bonchev–Trinajstić information content (AvgIpc) is 3.03. The molecule has 0 unspecified atom stereocenters. The van der Waals surface area contributed by atoms with E-state index in [1.165, 1.54) is 0 Å². The second kappa shape index (κ2) is 4.49. The Bertz CT molecular complexity index is 809. The molecule has 0 aliphatic carbocycles. The highest BCUT2D eigenvalue weighted by Gasteiger charge is 2.17. The molecule has 5 nitrogen and oxygen atoms in total. The van der Waals surface area contributed by atoms with Crippen molar-refractivity contribution in [1.82, 2.24) is 14.3 Å². The summed E-state index contributed by atoms with van der Waals surface area (Å²) in [5.74, 6) is -0.102. The lowest BCUT2D eigenvalue weighted by Gasteiger charge is -2.06. The van der Waals surface area contributed by atoms with E-state index in [1.54, 1.807) is 16.0 Å². The Morgan fingerprint density at radius 2 is 2.10 bits per heavy atom. The van der Waals surface area contributed by atoms with Gasteiger partial charge >= 0.3 is 0 Å². The zero-order valence-electron chi connectivity index (χ0n) is 11.9. The van der Waals surface area contributed by atoms with Crippen LogP contribution in [-0.4, -0.2) is 20.3 Å². The van der Waals surface area contributed by atoms with Gasteiger partial charge in [-0.1, -0.05) is 0 Å². The van der Waals surface area contributed by atoms with E-state index in [0.29, 0.717) is 5.69 Å². The molecule has 0 atom stereocenters. The highest BCUT2D eigenvalue weighted by atomic mass is 32.1.